The molecule has 2 rings (SSSR count). The number of ketones is 1. The molecule has 0 N–H and O–H groups in total. The molecule has 2 fully saturated rings. The Morgan fingerprint density at radius 3 is 2.88 bits per heavy atom. The van der Waals surface area contributed by atoms with Gasteiger partial charge in [-0.3, -0.25) is 9.69 Å². The summed E-state index contributed by atoms with van der Waals surface area (Å²) in [5.41, 5.74) is 0. The van der Waals surface area contributed by atoms with Gasteiger partial charge in [-0.15, -0.1) is 0 Å². The smallest absolute Gasteiger partial charge is 0.153 e. The second-order valence-corrected chi connectivity index (χ2v) is 6.59. The standard InChI is InChI=1S/C13H23NOS/c1-10-4-3-5-11(8-10)13(15)12-9-16-7-6-14(12)2/h10-12H,3-9H2,1-2H3. The number of hydrogen-bond acceptors (Lipinski definition) is 3. The Balaban J connectivity index is 1.94. The molecule has 2 aliphatic rings. The van der Waals surface area contributed by atoms with Gasteiger partial charge in [0.2, 0.25) is 0 Å². The second kappa shape index (κ2) is 5.54. The fraction of sp³-hybridized carbons (Fsp3) is 0.923. The number of thioether (sulfide) groups is 1. The molecule has 1 heterocycles. The molecule has 92 valence electrons. The second-order valence-electron chi connectivity index (χ2n) is 5.44. The van der Waals surface area contributed by atoms with E-state index in [2.05, 4.69) is 18.9 Å². The van der Waals surface area contributed by atoms with Crippen LogP contribution in [0.5, 0.6) is 0 Å². The molecule has 2 nitrogen and oxygen atoms in total. The molecule has 0 radical (unpaired) electrons. The molecule has 0 bridgehead atoms. The molecule has 0 aromatic heterocycles. The number of likely N-dealkylation sites (N-methyl/N-ethyl adjacent to an activating group) is 1. The molecular weight excluding hydrogens is 218 g/mol. The minimum Gasteiger partial charge on any atom is -0.298 e. The molecule has 16 heavy (non-hydrogen) atoms. The third kappa shape index (κ3) is 2.80. The first-order chi connectivity index (χ1) is 7.68. The van der Waals surface area contributed by atoms with Crippen LogP contribution in [0.15, 0.2) is 0 Å². The minimum absolute atomic E-state index is 0.203. The Morgan fingerprint density at radius 1 is 1.38 bits per heavy atom. The van der Waals surface area contributed by atoms with Crippen molar-refractivity contribution < 1.29 is 4.79 Å². The van der Waals surface area contributed by atoms with E-state index in [-0.39, 0.29) is 6.04 Å². The van der Waals surface area contributed by atoms with E-state index in [1.165, 1.54) is 18.6 Å². The average molecular weight is 241 g/mol. The summed E-state index contributed by atoms with van der Waals surface area (Å²) in [5, 5.41) is 0. The van der Waals surface area contributed by atoms with Gasteiger partial charge in [0.1, 0.15) is 0 Å². The summed E-state index contributed by atoms with van der Waals surface area (Å²) in [7, 11) is 2.11. The van der Waals surface area contributed by atoms with Crippen LogP contribution in [-0.2, 0) is 4.79 Å². The van der Waals surface area contributed by atoms with Gasteiger partial charge in [-0.25, -0.2) is 0 Å². The number of nitrogens with zero attached hydrogens (tertiary/aromatic N) is 1. The molecule has 0 spiro atoms. The number of rotatable bonds is 2. The zero-order chi connectivity index (χ0) is 11.5. The number of carbonyl (C=O) groups excluding carboxylic acids is 1. The highest BCUT2D eigenvalue weighted by molar-refractivity contribution is 7.99. The van der Waals surface area contributed by atoms with E-state index in [1.54, 1.807) is 0 Å². The van der Waals surface area contributed by atoms with Crippen molar-refractivity contribution in [2.24, 2.45) is 11.8 Å². The predicted octanol–water partition coefficient (Wildman–Crippen LogP) is 2.43. The van der Waals surface area contributed by atoms with Gasteiger partial charge < -0.3 is 0 Å². The van der Waals surface area contributed by atoms with Crippen molar-refractivity contribution in [1.82, 2.24) is 4.90 Å². The van der Waals surface area contributed by atoms with Crippen LogP contribution in [0.1, 0.15) is 32.6 Å². The minimum atomic E-state index is 0.203. The van der Waals surface area contributed by atoms with Crippen molar-refractivity contribution in [2.45, 2.75) is 38.6 Å². The Morgan fingerprint density at radius 2 is 2.19 bits per heavy atom. The molecule has 3 heteroatoms. The van der Waals surface area contributed by atoms with E-state index >= 15 is 0 Å². The molecule has 1 saturated heterocycles. The lowest BCUT2D eigenvalue weighted by molar-refractivity contribution is -0.128. The molecule has 0 amide bonds. The third-order valence-electron chi connectivity index (χ3n) is 4.06. The van der Waals surface area contributed by atoms with Crippen LogP contribution in [0.2, 0.25) is 0 Å². The van der Waals surface area contributed by atoms with Crippen LogP contribution in [0.25, 0.3) is 0 Å². The average Bonchev–Trinajstić information content (AvgIpc) is 2.29. The zero-order valence-electron chi connectivity index (χ0n) is 10.4. The fourth-order valence-electron chi connectivity index (χ4n) is 2.95. The highest BCUT2D eigenvalue weighted by Crippen LogP contribution is 2.31. The van der Waals surface area contributed by atoms with Gasteiger partial charge in [0.25, 0.3) is 0 Å². The van der Waals surface area contributed by atoms with Gasteiger partial charge in [0, 0.05) is 24.0 Å². The molecule has 1 aliphatic carbocycles. The van der Waals surface area contributed by atoms with Crippen LogP contribution < -0.4 is 0 Å². The van der Waals surface area contributed by atoms with E-state index < -0.39 is 0 Å². The van der Waals surface area contributed by atoms with Gasteiger partial charge in [0.05, 0.1) is 6.04 Å². The summed E-state index contributed by atoms with van der Waals surface area (Å²) < 4.78 is 0. The zero-order valence-corrected chi connectivity index (χ0v) is 11.3. The third-order valence-corrected chi connectivity index (χ3v) is 5.09. The Kier molecular flexibility index (Phi) is 4.31. The first-order valence-corrected chi connectivity index (χ1v) is 7.65. The van der Waals surface area contributed by atoms with Crippen molar-refractivity contribution in [3.8, 4) is 0 Å². The predicted molar refractivity (Wildman–Crippen MR) is 69.9 cm³/mol. The van der Waals surface area contributed by atoms with E-state index in [9.17, 15) is 4.79 Å². The maximum Gasteiger partial charge on any atom is 0.153 e. The lowest BCUT2D eigenvalue weighted by Crippen LogP contribution is -2.47. The van der Waals surface area contributed by atoms with Gasteiger partial charge in [-0.1, -0.05) is 19.8 Å². The summed E-state index contributed by atoms with van der Waals surface area (Å²) >= 11 is 1.94. The van der Waals surface area contributed by atoms with E-state index in [1.807, 2.05) is 11.8 Å². The first-order valence-electron chi connectivity index (χ1n) is 6.50. The van der Waals surface area contributed by atoms with E-state index in [4.69, 9.17) is 0 Å². The Bertz CT molecular complexity index is 256. The van der Waals surface area contributed by atoms with Crippen molar-refractivity contribution in [3.05, 3.63) is 0 Å². The number of hydrogen-bond donors (Lipinski definition) is 0. The van der Waals surface area contributed by atoms with Crippen molar-refractivity contribution in [2.75, 3.05) is 25.1 Å². The van der Waals surface area contributed by atoms with Crippen molar-refractivity contribution in [1.29, 1.82) is 0 Å². The summed E-state index contributed by atoms with van der Waals surface area (Å²) in [4.78, 5) is 14.7. The SMILES string of the molecule is CC1CCCC(C(=O)C2CSCCN2C)C1. The summed E-state index contributed by atoms with van der Waals surface area (Å²) in [5.74, 6) is 3.84. The number of Topliss-reactive ketones (excluding diaryl/α,β-unsaturated/α-hetero) is 1. The van der Waals surface area contributed by atoms with Crippen LogP contribution in [-0.4, -0.2) is 41.8 Å². The van der Waals surface area contributed by atoms with Crippen LogP contribution >= 0.6 is 11.8 Å². The maximum absolute atomic E-state index is 12.5. The molecule has 3 atom stereocenters. The largest absolute Gasteiger partial charge is 0.298 e. The lowest BCUT2D eigenvalue weighted by atomic mass is 9.78. The number of carbonyl (C=O) groups is 1. The normalized spacial score (nSPS) is 37.2. The van der Waals surface area contributed by atoms with Gasteiger partial charge >= 0.3 is 0 Å². The van der Waals surface area contributed by atoms with Gasteiger partial charge in [-0.2, -0.15) is 11.8 Å². The molecule has 3 unspecified atom stereocenters. The van der Waals surface area contributed by atoms with E-state index in [0.717, 1.165) is 31.1 Å². The highest BCUT2D eigenvalue weighted by atomic mass is 32.2. The fourth-order valence-corrected chi connectivity index (χ4v) is 4.18. The monoisotopic (exact) mass is 241 g/mol. The van der Waals surface area contributed by atoms with Crippen molar-refractivity contribution >= 4 is 17.5 Å². The Labute approximate surface area is 103 Å². The summed E-state index contributed by atoms with van der Waals surface area (Å²) in [6.45, 7) is 3.36. The molecule has 1 aliphatic heterocycles. The highest BCUT2D eigenvalue weighted by Gasteiger charge is 2.33. The molecule has 0 aromatic rings. The van der Waals surface area contributed by atoms with Crippen LogP contribution in [0, 0.1) is 11.8 Å². The molecule has 0 aromatic carbocycles. The quantitative estimate of drug-likeness (QED) is 0.740. The lowest BCUT2D eigenvalue weighted by Gasteiger charge is -2.35. The topological polar surface area (TPSA) is 20.3 Å². The summed E-state index contributed by atoms with van der Waals surface area (Å²) in [6.07, 6.45) is 4.84. The van der Waals surface area contributed by atoms with Crippen LogP contribution in [0.4, 0.5) is 0 Å². The van der Waals surface area contributed by atoms with Gasteiger partial charge in [-0.05, 0) is 25.8 Å². The molecular formula is C13H23NOS. The van der Waals surface area contributed by atoms with Gasteiger partial charge in [0.15, 0.2) is 5.78 Å². The van der Waals surface area contributed by atoms with E-state index in [0.29, 0.717) is 11.7 Å². The van der Waals surface area contributed by atoms with Crippen molar-refractivity contribution in [3.63, 3.8) is 0 Å². The maximum atomic E-state index is 12.5. The van der Waals surface area contributed by atoms with Crippen LogP contribution in [0.3, 0.4) is 0 Å². The Hall–Kier alpha value is -0.0200. The summed E-state index contributed by atoms with van der Waals surface area (Å²) in [6, 6.07) is 0.203. The molecule has 1 saturated carbocycles. The first kappa shape index (κ1) is 12.4.